The Kier molecular flexibility index (Phi) is 5.35. The van der Waals surface area contributed by atoms with Crippen molar-refractivity contribution in [3.8, 4) is 0 Å². The highest BCUT2D eigenvalue weighted by Crippen LogP contribution is 2.33. The molecule has 2 aromatic rings. The number of amides is 2. The van der Waals surface area contributed by atoms with Crippen LogP contribution in [-0.2, 0) is 9.59 Å². The molecular formula is C21H25N3O2. The van der Waals surface area contributed by atoms with Gasteiger partial charge in [-0.05, 0) is 49.8 Å². The van der Waals surface area contributed by atoms with Gasteiger partial charge in [0.05, 0.1) is 17.9 Å². The summed E-state index contributed by atoms with van der Waals surface area (Å²) in [7, 11) is 0. The number of benzene rings is 1. The molecule has 1 fully saturated rings. The summed E-state index contributed by atoms with van der Waals surface area (Å²) in [6.45, 7) is 6.55. The molecule has 0 saturated carbocycles. The second kappa shape index (κ2) is 7.68. The first-order chi connectivity index (χ1) is 12.5. The van der Waals surface area contributed by atoms with Gasteiger partial charge in [0, 0.05) is 12.2 Å². The van der Waals surface area contributed by atoms with Crippen LogP contribution in [0.25, 0.3) is 0 Å². The van der Waals surface area contributed by atoms with E-state index in [4.69, 9.17) is 0 Å². The van der Waals surface area contributed by atoms with Crippen LogP contribution in [0, 0.1) is 19.8 Å². The van der Waals surface area contributed by atoms with Crippen molar-refractivity contribution in [1.29, 1.82) is 0 Å². The third-order valence-corrected chi connectivity index (χ3v) is 5.05. The molecule has 0 aliphatic carbocycles. The molecule has 3 rings (SSSR count). The van der Waals surface area contributed by atoms with E-state index in [9.17, 15) is 9.59 Å². The molecule has 5 heteroatoms. The first-order valence-electron chi connectivity index (χ1n) is 9.06. The van der Waals surface area contributed by atoms with Gasteiger partial charge in [0.1, 0.15) is 0 Å². The van der Waals surface area contributed by atoms with Crippen molar-refractivity contribution in [2.75, 3.05) is 11.9 Å². The number of rotatable bonds is 2. The van der Waals surface area contributed by atoms with Gasteiger partial charge in [-0.3, -0.25) is 14.6 Å². The Morgan fingerprint density at radius 1 is 1.15 bits per heavy atom. The summed E-state index contributed by atoms with van der Waals surface area (Å²) in [5, 5.41) is 2.70. The Morgan fingerprint density at radius 3 is 2.58 bits per heavy atom. The molecule has 5 nitrogen and oxygen atoms in total. The number of nitrogens with zero attached hydrogens (tertiary/aromatic N) is 2. The molecule has 1 aromatic carbocycles. The molecule has 0 spiro atoms. The van der Waals surface area contributed by atoms with Gasteiger partial charge < -0.3 is 10.2 Å². The first-order valence-corrected chi connectivity index (χ1v) is 9.06. The molecule has 0 bridgehead atoms. The third-order valence-electron chi connectivity index (χ3n) is 5.05. The largest absolute Gasteiger partial charge is 0.327 e. The van der Waals surface area contributed by atoms with Crippen LogP contribution in [0.1, 0.15) is 42.6 Å². The number of hydrogen-bond donors (Lipinski definition) is 1. The Hall–Kier alpha value is -2.69. The molecule has 136 valence electrons. The lowest BCUT2D eigenvalue weighted by Crippen LogP contribution is -2.46. The summed E-state index contributed by atoms with van der Waals surface area (Å²) in [5.74, 6) is -0.705. The fraction of sp³-hybridized carbons (Fsp3) is 0.381. The second-order valence-electron chi connectivity index (χ2n) is 7.15. The number of carbonyl (C=O) groups is 2. The van der Waals surface area contributed by atoms with Crippen molar-refractivity contribution in [2.45, 2.75) is 39.7 Å². The molecule has 2 heterocycles. The quantitative estimate of drug-likeness (QED) is 0.840. The van der Waals surface area contributed by atoms with Crippen molar-refractivity contribution in [3.05, 3.63) is 59.4 Å². The monoisotopic (exact) mass is 351 g/mol. The lowest BCUT2D eigenvalue weighted by atomic mass is 9.90. The number of aromatic nitrogens is 1. The first kappa shape index (κ1) is 18.1. The fourth-order valence-electron chi connectivity index (χ4n) is 3.43. The molecular weight excluding hydrogens is 326 g/mol. The maximum Gasteiger partial charge on any atom is 0.313 e. The summed E-state index contributed by atoms with van der Waals surface area (Å²) in [6.07, 6.45) is 3.50. The maximum absolute atomic E-state index is 12.9. The average molecular weight is 351 g/mol. The molecule has 2 amide bonds. The number of pyridine rings is 1. The topological polar surface area (TPSA) is 62.3 Å². The zero-order chi connectivity index (χ0) is 18.7. The molecule has 1 aromatic heterocycles. The van der Waals surface area contributed by atoms with Crippen LogP contribution in [0.3, 0.4) is 0 Å². The lowest BCUT2D eigenvalue weighted by molar-refractivity contribution is -0.146. The molecule has 1 N–H and O–H groups in total. The minimum Gasteiger partial charge on any atom is -0.327 e. The van der Waals surface area contributed by atoms with Gasteiger partial charge in [0.25, 0.3) is 0 Å². The van der Waals surface area contributed by atoms with E-state index in [0.717, 1.165) is 29.7 Å². The number of hydrogen-bond acceptors (Lipinski definition) is 3. The summed E-state index contributed by atoms with van der Waals surface area (Å²) in [5.41, 5.74) is 3.51. The highest BCUT2D eigenvalue weighted by molar-refractivity contribution is 6.39. The van der Waals surface area contributed by atoms with Gasteiger partial charge in [-0.1, -0.05) is 37.3 Å². The van der Waals surface area contributed by atoms with Crippen LogP contribution in [-0.4, -0.2) is 28.2 Å². The normalized spacial score (nSPS) is 19.9. The van der Waals surface area contributed by atoms with Crippen molar-refractivity contribution in [2.24, 2.45) is 5.92 Å². The highest BCUT2D eigenvalue weighted by Gasteiger charge is 2.34. The number of nitrogens with one attached hydrogen (secondary N) is 1. The van der Waals surface area contributed by atoms with E-state index in [1.54, 1.807) is 11.1 Å². The van der Waals surface area contributed by atoms with Crippen molar-refractivity contribution < 1.29 is 9.59 Å². The molecule has 1 aliphatic rings. The van der Waals surface area contributed by atoms with Crippen molar-refractivity contribution in [3.63, 3.8) is 0 Å². The molecule has 1 saturated heterocycles. The maximum atomic E-state index is 12.9. The molecule has 2 atom stereocenters. The number of aryl methyl sites for hydroxylation is 2. The van der Waals surface area contributed by atoms with Crippen LogP contribution in [0.2, 0.25) is 0 Å². The van der Waals surface area contributed by atoms with E-state index in [2.05, 4.69) is 17.2 Å². The summed E-state index contributed by atoms with van der Waals surface area (Å²) in [4.78, 5) is 31.4. The van der Waals surface area contributed by atoms with E-state index < -0.39 is 11.8 Å². The van der Waals surface area contributed by atoms with Gasteiger partial charge >= 0.3 is 11.8 Å². The Bertz CT molecular complexity index is 804. The summed E-state index contributed by atoms with van der Waals surface area (Å²) < 4.78 is 0. The van der Waals surface area contributed by atoms with Gasteiger partial charge in [-0.15, -0.1) is 0 Å². The molecule has 1 unspecified atom stereocenters. The molecule has 1 aliphatic heterocycles. The number of likely N-dealkylation sites (tertiary alicyclic amines) is 1. The Labute approximate surface area is 154 Å². The van der Waals surface area contributed by atoms with E-state index >= 15 is 0 Å². The Morgan fingerprint density at radius 2 is 1.88 bits per heavy atom. The number of carbonyl (C=O) groups excluding carboxylic acids is 2. The minimum atomic E-state index is -0.606. The number of piperidine rings is 1. The third kappa shape index (κ3) is 3.93. The molecule has 0 radical (unpaired) electrons. The molecule has 26 heavy (non-hydrogen) atoms. The van der Waals surface area contributed by atoms with Gasteiger partial charge in [-0.25, -0.2) is 0 Å². The van der Waals surface area contributed by atoms with Crippen LogP contribution in [0.5, 0.6) is 0 Å². The van der Waals surface area contributed by atoms with Crippen LogP contribution in [0.4, 0.5) is 5.69 Å². The zero-order valence-corrected chi connectivity index (χ0v) is 15.5. The predicted octanol–water partition coefficient (Wildman–Crippen LogP) is 3.64. The van der Waals surface area contributed by atoms with Crippen LogP contribution in [0.15, 0.2) is 42.6 Å². The van der Waals surface area contributed by atoms with Crippen LogP contribution < -0.4 is 5.32 Å². The minimum absolute atomic E-state index is 0.0523. The van der Waals surface area contributed by atoms with Crippen LogP contribution >= 0.6 is 0 Å². The Balaban J connectivity index is 1.78. The standard InChI is InChI=1S/C21H25N3O2/c1-14-9-10-19(17-7-5-4-6-8-17)24(13-14)21(26)20(25)23-18-11-15(2)16(3)22-12-18/h4-8,11-12,14,19H,9-10,13H2,1-3H3,(H,23,25)/t14-,19?/m0/s1. The van der Waals surface area contributed by atoms with Gasteiger partial charge in [0.2, 0.25) is 0 Å². The van der Waals surface area contributed by atoms with E-state index in [1.165, 1.54) is 0 Å². The lowest BCUT2D eigenvalue weighted by Gasteiger charge is -2.38. The average Bonchev–Trinajstić information content (AvgIpc) is 2.64. The number of anilines is 1. The fourth-order valence-corrected chi connectivity index (χ4v) is 3.43. The summed E-state index contributed by atoms with van der Waals surface area (Å²) >= 11 is 0. The van der Waals surface area contributed by atoms with Crippen molar-refractivity contribution >= 4 is 17.5 Å². The van der Waals surface area contributed by atoms with E-state index in [-0.39, 0.29) is 6.04 Å². The summed E-state index contributed by atoms with van der Waals surface area (Å²) in [6, 6.07) is 11.7. The smallest absolute Gasteiger partial charge is 0.313 e. The predicted molar refractivity (Wildman–Crippen MR) is 102 cm³/mol. The highest BCUT2D eigenvalue weighted by atomic mass is 16.2. The SMILES string of the molecule is Cc1cc(NC(=O)C(=O)N2C[C@@H](C)CCC2c2ccccc2)cnc1C. The zero-order valence-electron chi connectivity index (χ0n) is 15.5. The van der Waals surface area contributed by atoms with Crippen molar-refractivity contribution in [1.82, 2.24) is 9.88 Å². The second-order valence-corrected chi connectivity index (χ2v) is 7.15. The van der Waals surface area contributed by atoms with Gasteiger partial charge in [-0.2, -0.15) is 0 Å². The van der Waals surface area contributed by atoms with E-state index in [1.807, 2.05) is 50.2 Å². The van der Waals surface area contributed by atoms with Gasteiger partial charge in [0.15, 0.2) is 0 Å². The van der Waals surface area contributed by atoms with E-state index in [0.29, 0.717) is 18.2 Å².